The number of hydrogen-bond donors (Lipinski definition) is 0. The Hall–Kier alpha value is -3.02. The Labute approximate surface area is 156 Å². The summed E-state index contributed by atoms with van der Waals surface area (Å²) >= 11 is 0. The van der Waals surface area contributed by atoms with Gasteiger partial charge in [0.15, 0.2) is 0 Å². The molecule has 4 rings (SSSR count). The third-order valence-electron chi connectivity index (χ3n) is 4.99. The van der Waals surface area contributed by atoms with Gasteiger partial charge in [0.2, 0.25) is 11.8 Å². The van der Waals surface area contributed by atoms with Crippen LogP contribution in [0.4, 0.5) is 10.1 Å². The molecule has 6 heteroatoms. The Morgan fingerprint density at radius 3 is 2.33 bits per heavy atom. The molecule has 0 radical (unpaired) electrons. The topological polar surface area (TPSA) is 57.7 Å². The van der Waals surface area contributed by atoms with Gasteiger partial charge in [-0.1, -0.05) is 30.3 Å². The van der Waals surface area contributed by atoms with E-state index in [4.69, 9.17) is 0 Å². The number of amides is 3. The van der Waals surface area contributed by atoms with Crippen LogP contribution in [-0.2, 0) is 20.9 Å². The third-order valence-corrected chi connectivity index (χ3v) is 4.99. The lowest BCUT2D eigenvalue weighted by Gasteiger charge is -2.28. The number of imide groups is 1. The first-order valence-corrected chi connectivity index (χ1v) is 9.01. The molecule has 1 heterocycles. The van der Waals surface area contributed by atoms with E-state index in [0.717, 1.165) is 23.3 Å². The van der Waals surface area contributed by atoms with E-state index in [0.29, 0.717) is 5.69 Å². The minimum absolute atomic E-state index is 0.0343. The molecular weight excluding hydrogens is 347 g/mol. The van der Waals surface area contributed by atoms with Crippen LogP contribution < -0.4 is 4.90 Å². The van der Waals surface area contributed by atoms with Gasteiger partial charge in [-0.2, -0.15) is 0 Å². The Bertz CT molecular complexity index is 878. The average molecular weight is 366 g/mol. The van der Waals surface area contributed by atoms with Gasteiger partial charge in [-0.15, -0.1) is 0 Å². The van der Waals surface area contributed by atoms with Gasteiger partial charge in [0.1, 0.15) is 11.9 Å². The van der Waals surface area contributed by atoms with Crippen molar-refractivity contribution in [3.63, 3.8) is 0 Å². The number of hydrogen-bond acceptors (Lipinski definition) is 3. The van der Waals surface area contributed by atoms with Crippen LogP contribution in [0.5, 0.6) is 0 Å². The smallest absolute Gasteiger partial charge is 0.257 e. The van der Waals surface area contributed by atoms with Crippen molar-refractivity contribution in [3.05, 3.63) is 66.0 Å². The minimum atomic E-state index is -0.823. The van der Waals surface area contributed by atoms with E-state index >= 15 is 0 Å². The van der Waals surface area contributed by atoms with Crippen molar-refractivity contribution >= 4 is 23.4 Å². The fourth-order valence-corrected chi connectivity index (χ4v) is 3.40. The molecule has 2 fully saturated rings. The van der Waals surface area contributed by atoms with Gasteiger partial charge in [-0.3, -0.25) is 14.4 Å². The van der Waals surface area contributed by atoms with Crippen molar-refractivity contribution in [3.8, 4) is 0 Å². The lowest BCUT2D eigenvalue weighted by molar-refractivity contribution is -0.140. The summed E-state index contributed by atoms with van der Waals surface area (Å²) < 4.78 is 13.2. The summed E-state index contributed by atoms with van der Waals surface area (Å²) in [5.74, 6) is -1.26. The molecule has 0 bridgehead atoms. The predicted molar refractivity (Wildman–Crippen MR) is 97.0 cm³/mol. The monoisotopic (exact) mass is 366 g/mol. The highest BCUT2D eigenvalue weighted by molar-refractivity contribution is 6.23. The molecule has 0 spiro atoms. The Kier molecular flexibility index (Phi) is 4.48. The highest BCUT2D eigenvalue weighted by Gasteiger charge is 2.46. The van der Waals surface area contributed by atoms with Crippen molar-refractivity contribution in [1.82, 2.24) is 4.90 Å². The van der Waals surface area contributed by atoms with E-state index in [1.165, 1.54) is 17.0 Å². The number of rotatable bonds is 5. The second-order valence-electron chi connectivity index (χ2n) is 6.99. The van der Waals surface area contributed by atoms with Crippen LogP contribution in [0.3, 0.4) is 0 Å². The zero-order chi connectivity index (χ0) is 19.0. The van der Waals surface area contributed by atoms with Crippen LogP contribution in [-0.4, -0.2) is 28.7 Å². The molecule has 1 aliphatic heterocycles. The van der Waals surface area contributed by atoms with E-state index in [9.17, 15) is 18.8 Å². The van der Waals surface area contributed by atoms with Gasteiger partial charge >= 0.3 is 0 Å². The van der Waals surface area contributed by atoms with Gasteiger partial charge in [-0.05, 0) is 42.7 Å². The Morgan fingerprint density at radius 2 is 1.70 bits per heavy atom. The summed E-state index contributed by atoms with van der Waals surface area (Å²) in [5.41, 5.74) is 1.24. The van der Waals surface area contributed by atoms with E-state index in [-0.39, 0.29) is 42.4 Å². The molecule has 0 aromatic heterocycles. The molecule has 2 aromatic carbocycles. The molecule has 27 heavy (non-hydrogen) atoms. The fourth-order valence-electron chi connectivity index (χ4n) is 3.40. The van der Waals surface area contributed by atoms with Crippen LogP contribution in [0.25, 0.3) is 0 Å². The first-order valence-electron chi connectivity index (χ1n) is 9.01. The predicted octanol–water partition coefficient (Wildman–Crippen LogP) is 2.90. The molecule has 5 nitrogen and oxygen atoms in total. The molecule has 2 aromatic rings. The number of nitrogens with zero attached hydrogens (tertiary/aromatic N) is 2. The highest BCUT2D eigenvalue weighted by atomic mass is 19.1. The van der Waals surface area contributed by atoms with Gasteiger partial charge < -0.3 is 4.90 Å². The van der Waals surface area contributed by atoms with Crippen LogP contribution in [0, 0.1) is 11.7 Å². The molecule has 3 amide bonds. The van der Waals surface area contributed by atoms with Crippen LogP contribution >= 0.6 is 0 Å². The lowest BCUT2D eigenvalue weighted by atomic mass is 10.1. The standard InChI is InChI=1S/C21H19FN2O3/c22-16-10-6-14(7-11-16)13-23(20(26)15-8-9-15)18-12-19(25)24(21(18)27)17-4-2-1-3-5-17/h1-7,10-11,15,18H,8-9,12-13H2. The fraction of sp³-hybridized carbons (Fsp3) is 0.286. The van der Waals surface area contributed by atoms with Crippen molar-refractivity contribution < 1.29 is 18.8 Å². The maximum absolute atomic E-state index is 13.2. The summed E-state index contributed by atoms with van der Waals surface area (Å²) in [4.78, 5) is 41.0. The maximum Gasteiger partial charge on any atom is 0.257 e. The molecule has 1 unspecified atom stereocenters. The normalized spacial score (nSPS) is 19.4. The second kappa shape index (κ2) is 6.95. The largest absolute Gasteiger partial charge is 0.326 e. The molecule has 1 saturated carbocycles. The molecule has 1 saturated heterocycles. The van der Waals surface area contributed by atoms with Crippen molar-refractivity contribution in [1.29, 1.82) is 0 Å². The van der Waals surface area contributed by atoms with Gasteiger partial charge in [-0.25, -0.2) is 9.29 Å². The zero-order valence-electron chi connectivity index (χ0n) is 14.7. The average Bonchev–Trinajstić information content (AvgIpc) is 3.47. The van der Waals surface area contributed by atoms with Crippen molar-refractivity contribution in [2.45, 2.75) is 31.8 Å². The third kappa shape index (κ3) is 3.47. The minimum Gasteiger partial charge on any atom is -0.326 e. The summed E-state index contributed by atoms with van der Waals surface area (Å²) in [6.45, 7) is 0.182. The molecule has 0 N–H and O–H groups in total. The molecule has 1 atom stereocenters. The summed E-state index contributed by atoms with van der Waals surface area (Å²) in [6, 6.07) is 13.7. The maximum atomic E-state index is 13.2. The first-order chi connectivity index (χ1) is 13.0. The second-order valence-corrected chi connectivity index (χ2v) is 6.99. The quantitative estimate of drug-likeness (QED) is 0.765. The number of carbonyl (C=O) groups is 3. The van der Waals surface area contributed by atoms with Gasteiger partial charge in [0.05, 0.1) is 12.1 Å². The van der Waals surface area contributed by atoms with Crippen LogP contribution in [0.1, 0.15) is 24.8 Å². The van der Waals surface area contributed by atoms with Crippen LogP contribution in [0.2, 0.25) is 0 Å². The number of para-hydroxylation sites is 1. The van der Waals surface area contributed by atoms with E-state index in [1.54, 1.807) is 36.4 Å². The number of halogens is 1. The van der Waals surface area contributed by atoms with Gasteiger partial charge in [0.25, 0.3) is 5.91 Å². The van der Waals surface area contributed by atoms with E-state index in [1.807, 2.05) is 6.07 Å². The Morgan fingerprint density at radius 1 is 1.04 bits per heavy atom. The highest BCUT2D eigenvalue weighted by Crippen LogP contribution is 2.34. The molecule has 138 valence electrons. The summed E-state index contributed by atoms with van der Waals surface area (Å²) in [5, 5.41) is 0. The summed E-state index contributed by atoms with van der Waals surface area (Å²) in [7, 11) is 0. The van der Waals surface area contributed by atoms with Crippen molar-refractivity contribution in [2.24, 2.45) is 5.92 Å². The SMILES string of the molecule is O=C1CC(N(Cc2ccc(F)cc2)C(=O)C2CC2)C(=O)N1c1ccccc1. The lowest BCUT2D eigenvalue weighted by Crippen LogP contribution is -2.45. The summed E-state index contributed by atoms with van der Waals surface area (Å²) in [6.07, 6.45) is 1.57. The number of benzene rings is 2. The molecule has 2 aliphatic rings. The first kappa shape index (κ1) is 17.4. The van der Waals surface area contributed by atoms with E-state index in [2.05, 4.69) is 0 Å². The molecule has 1 aliphatic carbocycles. The number of carbonyl (C=O) groups excluding carboxylic acids is 3. The van der Waals surface area contributed by atoms with Crippen molar-refractivity contribution in [2.75, 3.05) is 4.90 Å². The number of anilines is 1. The van der Waals surface area contributed by atoms with Crippen LogP contribution in [0.15, 0.2) is 54.6 Å². The molecular formula is C21H19FN2O3. The van der Waals surface area contributed by atoms with E-state index < -0.39 is 6.04 Å². The van der Waals surface area contributed by atoms with Gasteiger partial charge in [0, 0.05) is 12.5 Å². The zero-order valence-corrected chi connectivity index (χ0v) is 14.7. The Balaban J connectivity index is 1.61.